The van der Waals surface area contributed by atoms with Crippen LogP contribution in [0.25, 0.3) is 0 Å². The Kier molecular flexibility index (Phi) is 9.22. The van der Waals surface area contributed by atoms with Crippen LogP contribution in [0.5, 0.6) is 0 Å². The summed E-state index contributed by atoms with van der Waals surface area (Å²) in [6, 6.07) is 14.6. The van der Waals surface area contributed by atoms with Gasteiger partial charge in [-0.05, 0) is 53.8 Å². The molecule has 2 aromatic heterocycles. The number of hydrogen-bond donors (Lipinski definition) is 2. The first-order chi connectivity index (χ1) is 17.2. The molecule has 0 unspecified atom stereocenters. The first-order valence-corrected chi connectivity index (χ1v) is 12.7. The summed E-state index contributed by atoms with van der Waals surface area (Å²) in [5.74, 6) is -0.173. The molecule has 0 aliphatic carbocycles. The minimum atomic E-state index is -0.195. The average Bonchev–Trinajstić information content (AvgIpc) is 3.42. The van der Waals surface area contributed by atoms with Crippen LogP contribution >= 0.6 is 11.3 Å². The van der Waals surface area contributed by atoms with Crippen LogP contribution in [0.15, 0.2) is 66.3 Å². The number of benzene rings is 1. The van der Waals surface area contributed by atoms with Crippen LogP contribution in [0.4, 0.5) is 10.5 Å². The zero-order valence-electron chi connectivity index (χ0n) is 19.7. The summed E-state index contributed by atoms with van der Waals surface area (Å²) in [5, 5.41) is 7.88. The van der Waals surface area contributed by atoms with E-state index in [9.17, 15) is 9.59 Å². The van der Waals surface area contributed by atoms with Crippen LogP contribution in [-0.4, -0.2) is 66.1 Å². The van der Waals surface area contributed by atoms with Crippen molar-refractivity contribution in [3.05, 3.63) is 82.3 Å². The number of urea groups is 1. The third kappa shape index (κ3) is 7.88. The van der Waals surface area contributed by atoms with Gasteiger partial charge in [0.25, 0.3) is 5.91 Å². The highest BCUT2D eigenvalue weighted by Crippen LogP contribution is 2.14. The Balaban J connectivity index is 1.36. The van der Waals surface area contributed by atoms with Crippen molar-refractivity contribution in [2.45, 2.75) is 19.5 Å². The fraction of sp³-hybridized carbons (Fsp3) is 0.346. The number of rotatable bonds is 10. The summed E-state index contributed by atoms with van der Waals surface area (Å²) in [5.41, 5.74) is 2.11. The molecule has 1 fully saturated rings. The largest absolute Gasteiger partial charge is 0.379 e. The summed E-state index contributed by atoms with van der Waals surface area (Å²) in [7, 11) is 0. The molecule has 1 saturated heterocycles. The Bertz CT molecular complexity index is 1070. The van der Waals surface area contributed by atoms with E-state index in [-0.39, 0.29) is 11.9 Å². The fourth-order valence-corrected chi connectivity index (χ4v) is 4.54. The summed E-state index contributed by atoms with van der Waals surface area (Å²) in [6.07, 6.45) is 4.33. The fourth-order valence-electron chi connectivity index (χ4n) is 3.89. The van der Waals surface area contributed by atoms with Crippen LogP contribution in [0.2, 0.25) is 0 Å². The molecular formula is C26H31N5O3S. The Hall–Kier alpha value is -3.27. The predicted octanol–water partition coefficient (Wildman–Crippen LogP) is 3.83. The van der Waals surface area contributed by atoms with Gasteiger partial charge in [-0.2, -0.15) is 0 Å². The van der Waals surface area contributed by atoms with E-state index in [1.165, 1.54) is 0 Å². The van der Waals surface area contributed by atoms with Crippen LogP contribution in [0.3, 0.4) is 0 Å². The third-order valence-corrected chi connectivity index (χ3v) is 6.67. The molecule has 9 heteroatoms. The number of thiophene rings is 1. The van der Waals surface area contributed by atoms with E-state index in [1.54, 1.807) is 52.9 Å². The van der Waals surface area contributed by atoms with Gasteiger partial charge in [0.05, 0.1) is 19.8 Å². The van der Waals surface area contributed by atoms with Gasteiger partial charge in [0, 0.05) is 61.2 Å². The predicted molar refractivity (Wildman–Crippen MR) is 137 cm³/mol. The van der Waals surface area contributed by atoms with Crippen molar-refractivity contribution >= 4 is 29.0 Å². The molecule has 184 valence electrons. The molecule has 8 nitrogen and oxygen atoms in total. The highest BCUT2D eigenvalue weighted by molar-refractivity contribution is 7.09. The average molecular weight is 494 g/mol. The number of ether oxygens (including phenoxy) is 1. The molecule has 0 spiro atoms. The molecule has 35 heavy (non-hydrogen) atoms. The van der Waals surface area contributed by atoms with Gasteiger partial charge in [-0.15, -0.1) is 11.3 Å². The number of hydrogen-bond acceptors (Lipinski definition) is 6. The number of morpholine rings is 1. The Morgan fingerprint density at radius 3 is 2.69 bits per heavy atom. The molecule has 0 atom stereocenters. The first kappa shape index (κ1) is 24.8. The van der Waals surface area contributed by atoms with Gasteiger partial charge in [0.1, 0.15) is 0 Å². The molecule has 1 aliphatic rings. The number of carbonyl (C=O) groups excluding carboxylic acids is 2. The van der Waals surface area contributed by atoms with E-state index < -0.39 is 0 Å². The van der Waals surface area contributed by atoms with Crippen molar-refractivity contribution < 1.29 is 14.3 Å². The standard InChI is InChI=1S/C26H31N5O3S/c32-25(28-19-24-6-2-17-35-24)22-4-1-5-23(18-22)29-26(33)31(20-21-7-9-27-10-8-21)12-3-11-30-13-15-34-16-14-30/h1-2,4-10,17-18H,3,11-16,19-20H2,(H,28,32)(H,29,33). The van der Waals surface area contributed by atoms with Crippen molar-refractivity contribution in [1.82, 2.24) is 20.1 Å². The second-order valence-corrected chi connectivity index (χ2v) is 9.39. The number of pyridine rings is 1. The van der Waals surface area contributed by atoms with Gasteiger partial charge in [-0.3, -0.25) is 14.7 Å². The number of aromatic nitrogens is 1. The van der Waals surface area contributed by atoms with Gasteiger partial charge >= 0.3 is 6.03 Å². The SMILES string of the molecule is O=C(NCc1cccs1)c1cccc(NC(=O)N(CCCN2CCOCC2)Cc2ccncc2)c1. The van der Waals surface area contributed by atoms with Crippen molar-refractivity contribution in [1.29, 1.82) is 0 Å². The smallest absolute Gasteiger partial charge is 0.322 e. The molecule has 0 saturated carbocycles. The Morgan fingerprint density at radius 2 is 1.91 bits per heavy atom. The lowest BCUT2D eigenvalue weighted by molar-refractivity contribution is 0.0365. The lowest BCUT2D eigenvalue weighted by Crippen LogP contribution is -2.40. The lowest BCUT2D eigenvalue weighted by atomic mass is 10.2. The number of amides is 3. The van der Waals surface area contributed by atoms with Gasteiger partial charge in [-0.1, -0.05) is 12.1 Å². The Morgan fingerprint density at radius 1 is 1.09 bits per heavy atom. The molecule has 2 N–H and O–H groups in total. The summed E-state index contributed by atoms with van der Waals surface area (Å²) >= 11 is 1.60. The quantitative estimate of drug-likeness (QED) is 0.448. The molecule has 3 aromatic rings. The minimum Gasteiger partial charge on any atom is -0.379 e. The molecule has 4 rings (SSSR count). The maximum atomic E-state index is 13.2. The maximum absolute atomic E-state index is 13.2. The topological polar surface area (TPSA) is 86.8 Å². The van der Waals surface area contributed by atoms with Crippen molar-refractivity contribution in [3.8, 4) is 0 Å². The highest BCUT2D eigenvalue weighted by Gasteiger charge is 2.17. The van der Waals surface area contributed by atoms with Crippen molar-refractivity contribution in [3.63, 3.8) is 0 Å². The summed E-state index contributed by atoms with van der Waals surface area (Å²) in [6.45, 7) is 5.89. The Labute approximate surface area is 209 Å². The monoisotopic (exact) mass is 493 g/mol. The lowest BCUT2D eigenvalue weighted by Gasteiger charge is -2.28. The van der Waals surface area contributed by atoms with E-state index in [4.69, 9.17) is 4.74 Å². The number of carbonyl (C=O) groups is 2. The molecule has 1 aliphatic heterocycles. The second-order valence-electron chi connectivity index (χ2n) is 8.36. The normalized spacial score (nSPS) is 13.8. The van der Waals surface area contributed by atoms with E-state index in [1.807, 2.05) is 29.6 Å². The van der Waals surface area contributed by atoms with E-state index in [0.717, 1.165) is 49.7 Å². The minimum absolute atomic E-state index is 0.173. The molecule has 3 heterocycles. The van der Waals surface area contributed by atoms with Crippen LogP contribution < -0.4 is 10.6 Å². The zero-order valence-corrected chi connectivity index (χ0v) is 20.5. The number of anilines is 1. The number of nitrogens with zero attached hydrogens (tertiary/aromatic N) is 3. The molecule has 3 amide bonds. The molecule has 0 radical (unpaired) electrons. The summed E-state index contributed by atoms with van der Waals surface area (Å²) < 4.78 is 5.42. The van der Waals surface area contributed by atoms with Crippen LogP contribution in [0.1, 0.15) is 27.2 Å². The molecule has 0 bridgehead atoms. The molecular weight excluding hydrogens is 462 g/mol. The number of nitrogens with one attached hydrogen (secondary N) is 2. The molecule has 1 aromatic carbocycles. The van der Waals surface area contributed by atoms with Crippen molar-refractivity contribution in [2.24, 2.45) is 0 Å². The maximum Gasteiger partial charge on any atom is 0.322 e. The first-order valence-electron chi connectivity index (χ1n) is 11.8. The van der Waals surface area contributed by atoms with E-state index in [0.29, 0.717) is 30.9 Å². The second kappa shape index (κ2) is 13.0. The third-order valence-electron chi connectivity index (χ3n) is 5.80. The van der Waals surface area contributed by atoms with Gasteiger partial charge in [0.15, 0.2) is 0 Å². The van der Waals surface area contributed by atoms with Gasteiger partial charge < -0.3 is 20.3 Å². The van der Waals surface area contributed by atoms with Gasteiger partial charge in [-0.25, -0.2) is 4.79 Å². The highest BCUT2D eigenvalue weighted by atomic mass is 32.1. The van der Waals surface area contributed by atoms with Crippen molar-refractivity contribution in [2.75, 3.05) is 44.7 Å². The summed E-state index contributed by atoms with van der Waals surface area (Å²) in [4.78, 5) is 35.2. The van der Waals surface area contributed by atoms with Crippen LogP contribution in [-0.2, 0) is 17.8 Å². The van der Waals surface area contributed by atoms with Gasteiger partial charge in [0.2, 0.25) is 0 Å². The van der Waals surface area contributed by atoms with E-state index in [2.05, 4.69) is 20.5 Å². The zero-order chi connectivity index (χ0) is 24.3. The van der Waals surface area contributed by atoms with E-state index >= 15 is 0 Å². The van der Waals surface area contributed by atoms with Crippen LogP contribution in [0, 0.1) is 0 Å².